The first-order chi connectivity index (χ1) is 6.14. The van der Waals surface area contributed by atoms with Crippen molar-refractivity contribution in [1.82, 2.24) is 0 Å². The lowest BCUT2D eigenvalue weighted by Gasteiger charge is -2.28. The fraction of sp³-hybridized carbons (Fsp3) is 0.455. The minimum Gasteiger partial charge on any atom is -0.330 e. The third-order valence-corrected chi connectivity index (χ3v) is 3.45. The van der Waals surface area contributed by atoms with Crippen LogP contribution < -0.4 is 5.73 Å². The number of hydrogen-bond acceptors (Lipinski definition) is 1. The minimum absolute atomic E-state index is 0.0973. The van der Waals surface area contributed by atoms with Crippen molar-refractivity contribution < 1.29 is 0 Å². The van der Waals surface area contributed by atoms with E-state index in [-0.39, 0.29) is 5.41 Å². The maximum atomic E-state index is 5.80. The summed E-state index contributed by atoms with van der Waals surface area (Å²) in [6, 6.07) is 8.29. The average Bonchev–Trinajstić information content (AvgIpc) is 2.17. The fourth-order valence-corrected chi connectivity index (χ4v) is 2.16. The van der Waals surface area contributed by atoms with Crippen molar-refractivity contribution in [2.24, 2.45) is 5.73 Å². The van der Waals surface area contributed by atoms with Gasteiger partial charge in [-0.1, -0.05) is 48.0 Å². The van der Waals surface area contributed by atoms with Gasteiger partial charge in [-0.15, -0.1) is 0 Å². The van der Waals surface area contributed by atoms with Gasteiger partial charge in [0, 0.05) is 16.4 Å². The molecule has 0 amide bonds. The van der Waals surface area contributed by atoms with E-state index in [1.54, 1.807) is 0 Å². The summed E-state index contributed by atoms with van der Waals surface area (Å²) in [5.41, 5.74) is 7.20. The molecule has 1 atom stereocenters. The fourth-order valence-electron chi connectivity index (χ4n) is 1.40. The second-order valence-corrected chi connectivity index (χ2v) is 4.45. The Bertz CT molecular complexity index is 279. The molecular formula is C11H16BrN. The maximum absolute atomic E-state index is 5.80. The van der Waals surface area contributed by atoms with E-state index in [9.17, 15) is 0 Å². The Hall–Kier alpha value is -0.340. The Kier molecular flexibility index (Phi) is 3.51. The SMILES string of the molecule is CCC(C)(CN)c1ccccc1Br. The summed E-state index contributed by atoms with van der Waals surface area (Å²) in [7, 11) is 0. The van der Waals surface area contributed by atoms with Gasteiger partial charge in [0.05, 0.1) is 0 Å². The van der Waals surface area contributed by atoms with Gasteiger partial charge in [-0.05, 0) is 18.1 Å². The summed E-state index contributed by atoms with van der Waals surface area (Å²) in [6.45, 7) is 5.06. The summed E-state index contributed by atoms with van der Waals surface area (Å²) < 4.78 is 1.16. The van der Waals surface area contributed by atoms with Gasteiger partial charge in [-0.25, -0.2) is 0 Å². The summed E-state index contributed by atoms with van der Waals surface area (Å²) in [6.07, 6.45) is 1.06. The lowest BCUT2D eigenvalue weighted by atomic mass is 9.80. The Morgan fingerprint density at radius 3 is 2.46 bits per heavy atom. The van der Waals surface area contributed by atoms with E-state index in [0.717, 1.165) is 10.9 Å². The first-order valence-corrected chi connectivity index (χ1v) is 5.38. The molecule has 2 heteroatoms. The molecule has 0 aliphatic carbocycles. The quantitative estimate of drug-likeness (QED) is 0.866. The summed E-state index contributed by atoms with van der Waals surface area (Å²) >= 11 is 3.56. The zero-order valence-corrected chi connectivity index (χ0v) is 9.76. The predicted octanol–water partition coefficient (Wildman–Crippen LogP) is 3.08. The van der Waals surface area contributed by atoms with Crippen molar-refractivity contribution in [1.29, 1.82) is 0 Å². The van der Waals surface area contributed by atoms with Gasteiger partial charge >= 0.3 is 0 Å². The van der Waals surface area contributed by atoms with Crippen LogP contribution in [0.1, 0.15) is 25.8 Å². The highest BCUT2D eigenvalue weighted by Crippen LogP contribution is 2.31. The molecule has 0 aromatic heterocycles. The molecule has 1 unspecified atom stereocenters. The summed E-state index contributed by atoms with van der Waals surface area (Å²) in [4.78, 5) is 0. The van der Waals surface area contributed by atoms with E-state index in [1.807, 2.05) is 6.07 Å². The molecule has 13 heavy (non-hydrogen) atoms. The normalized spacial score (nSPS) is 15.4. The summed E-state index contributed by atoms with van der Waals surface area (Å²) in [5.74, 6) is 0. The van der Waals surface area contributed by atoms with Crippen molar-refractivity contribution in [2.45, 2.75) is 25.7 Å². The molecule has 0 spiro atoms. The molecule has 2 N–H and O–H groups in total. The zero-order chi connectivity index (χ0) is 9.90. The standard InChI is InChI=1S/C11H16BrN/c1-3-11(2,8-13)9-6-4-5-7-10(9)12/h4-7H,3,8,13H2,1-2H3. The topological polar surface area (TPSA) is 26.0 Å². The molecule has 1 rings (SSSR count). The molecule has 0 fully saturated rings. The highest BCUT2D eigenvalue weighted by atomic mass is 79.9. The zero-order valence-electron chi connectivity index (χ0n) is 8.18. The first-order valence-electron chi connectivity index (χ1n) is 4.59. The molecule has 0 aliphatic heterocycles. The van der Waals surface area contributed by atoms with Crippen LogP contribution in [0.4, 0.5) is 0 Å². The molecule has 1 aromatic carbocycles. The molecule has 1 aromatic rings. The maximum Gasteiger partial charge on any atom is 0.0213 e. The number of nitrogens with two attached hydrogens (primary N) is 1. The number of hydrogen-bond donors (Lipinski definition) is 1. The van der Waals surface area contributed by atoms with Gasteiger partial charge in [0.1, 0.15) is 0 Å². The molecule has 0 bridgehead atoms. The molecule has 0 saturated carbocycles. The van der Waals surface area contributed by atoms with E-state index < -0.39 is 0 Å². The predicted molar refractivity (Wildman–Crippen MR) is 60.8 cm³/mol. The van der Waals surface area contributed by atoms with E-state index in [2.05, 4.69) is 48.0 Å². The van der Waals surface area contributed by atoms with E-state index in [4.69, 9.17) is 5.73 Å². The Balaban J connectivity index is 3.12. The minimum atomic E-state index is 0.0973. The van der Waals surface area contributed by atoms with Crippen LogP contribution >= 0.6 is 15.9 Å². The lowest BCUT2D eigenvalue weighted by Crippen LogP contribution is -2.31. The van der Waals surface area contributed by atoms with Gasteiger partial charge in [-0.2, -0.15) is 0 Å². The highest BCUT2D eigenvalue weighted by Gasteiger charge is 2.24. The van der Waals surface area contributed by atoms with Gasteiger partial charge in [-0.3, -0.25) is 0 Å². The second kappa shape index (κ2) is 4.25. The van der Waals surface area contributed by atoms with Gasteiger partial charge in [0.25, 0.3) is 0 Å². The van der Waals surface area contributed by atoms with Crippen molar-refractivity contribution in [2.75, 3.05) is 6.54 Å². The molecule has 0 heterocycles. The smallest absolute Gasteiger partial charge is 0.0213 e. The molecular weight excluding hydrogens is 226 g/mol. The summed E-state index contributed by atoms with van der Waals surface area (Å²) in [5, 5.41) is 0. The molecule has 0 saturated heterocycles. The van der Waals surface area contributed by atoms with Crippen LogP contribution in [0.25, 0.3) is 0 Å². The highest BCUT2D eigenvalue weighted by molar-refractivity contribution is 9.10. The van der Waals surface area contributed by atoms with Crippen LogP contribution in [0.2, 0.25) is 0 Å². The second-order valence-electron chi connectivity index (χ2n) is 3.60. The van der Waals surface area contributed by atoms with E-state index in [1.165, 1.54) is 5.56 Å². The molecule has 0 radical (unpaired) electrons. The average molecular weight is 242 g/mol. The van der Waals surface area contributed by atoms with Gasteiger partial charge in [0.2, 0.25) is 0 Å². The number of rotatable bonds is 3. The van der Waals surface area contributed by atoms with Crippen LogP contribution in [-0.2, 0) is 5.41 Å². The van der Waals surface area contributed by atoms with Crippen LogP contribution in [0.3, 0.4) is 0 Å². The Morgan fingerprint density at radius 2 is 2.00 bits per heavy atom. The van der Waals surface area contributed by atoms with Gasteiger partial charge < -0.3 is 5.73 Å². The van der Waals surface area contributed by atoms with Crippen molar-refractivity contribution in [3.63, 3.8) is 0 Å². The Morgan fingerprint density at radius 1 is 1.38 bits per heavy atom. The van der Waals surface area contributed by atoms with Crippen molar-refractivity contribution in [3.05, 3.63) is 34.3 Å². The van der Waals surface area contributed by atoms with Crippen LogP contribution in [0, 0.1) is 0 Å². The molecule has 0 aliphatic rings. The number of halogens is 1. The van der Waals surface area contributed by atoms with Crippen LogP contribution in [0.5, 0.6) is 0 Å². The monoisotopic (exact) mass is 241 g/mol. The van der Waals surface area contributed by atoms with Crippen molar-refractivity contribution >= 4 is 15.9 Å². The molecule has 72 valence electrons. The lowest BCUT2D eigenvalue weighted by molar-refractivity contribution is 0.465. The van der Waals surface area contributed by atoms with Crippen molar-refractivity contribution in [3.8, 4) is 0 Å². The van der Waals surface area contributed by atoms with Gasteiger partial charge in [0.15, 0.2) is 0 Å². The number of benzene rings is 1. The van der Waals surface area contributed by atoms with Crippen LogP contribution in [-0.4, -0.2) is 6.54 Å². The van der Waals surface area contributed by atoms with Crippen LogP contribution in [0.15, 0.2) is 28.7 Å². The van der Waals surface area contributed by atoms with E-state index in [0.29, 0.717) is 6.54 Å². The largest absolute Gasteiger partial charge is 0.330 e. The Labute approximate surface area is 88.5 Å². The third-order valence-electron chi connectivity index (χ3n) is 2.75. The first kappa shape index (κ1) is 10.7. The third kappa shape index (κ3) is 2.12. The van der Waals surface area contributed by atoms with E-state index >= 15 is 0 Å². The molecule has 1 nitrogen and oxygen atoms in total.